The predicted octanol–water partition coefficient (Wildman–Crippen LogP) is 3.81. The van der Waals surface area contributed by atoms with Crippen LogP contribution in [-0.2, 0) is 14.3 Å². The molecule has 3 fully saturated rings. The van der Waals surface area contributed by atoms with Crippen molar-refractivity contribution in [1.82, 2.24) is 10.6 Å². The Morgan fingerprint density at radius 2 is 1.79 bits per heavy atom. The van der Waals surface area contributed by atoms with E-state index in [4.69, 9.17) is 4.74 Å². The molecule has 5 heteroatoms. The van der Waals surface area contributed by atoms with Gasteiger partial charge in [0.2, 0.25) is 11.8 Å². The van der Waals surface area contributed by atoms with Crippen LogP contribution in [0, 0.1) is 23.2 Å². The van der Waals surface area contributed by atoms with E-state index < -0.39 is 0 Å². The van der Waals surface area contributed by atoms with Gasteiger partial charge in [-0.1, -0.05) is 26.7 Å². The Balaban J connectivity index is 1.39. The number of ether oxygens (including phenoxy) is 1. The molecule has 1 saturated heterocycles. The summed E-state index contributed by atoms with van der Waals surface area (Å²) in [5.74, 6) is 1.58. The van der Waals surface area contributed by atoms with Gasteiger partial charge in [0.25, 0.3) is 0 Å². The Bertz CT molecular complexity index is 534. The molecule has 28 heavy (non-hydrogen) atoms. The van der Waals surface area contributed by atoms with E-state index in [2.05, 4.69) is 24.5 Å². The summed E-state index contributed by atoms with van der Waals surface area (Å²) in [4.78, 5) is 25.3. The van der Waals surface area contributed by atoms with Crippen molar-refractivity contribution in [2.24, 2.45) is 23.2 Å². The molecule has 0 aromatic rings. The lowest BCUT2D eigenvalue weighted by Crippen LogP contribution is -2.47. The van der Waals surface area contributed by atoms with Crippen LogP contribution in [0.4, 0.5) is 0 Å². The topological polar surface area (TPSA) is 67.4 Å². The molecule has 1 aliphatic heterocycles. The molecule has 2 aliphatic carbocycles. The zero-order chi connectivity index (χ0) is 20.1. The number of nitrogens with one attached hydrogen (secondary N) is 2. The van der Waals surface area contributed by atoms with Gasteiger partial charge in [0.1, 0.15) is 0 Å². The summed E-state index contributed by atoms with van der Waals surface area (Å²) in [6.07, 6.45) is 10.8. The lowest BCUT2D eigenvalue weighted by atomic mass is 9.77. The van der Waals surface area contributed by atoms with Crippen LogP contribution in [0.15, 0.2) is 0 Å². The Morgan fingerprint density at radius 1 is 1.11 bits per heavy atom. The highest BCUT2D eigenvalue weighted by molar-refractivity contribution is 5.83. The Hall–Kier alpha value is -1.10. The normalized spacial score (nSPS) is 32.4. The first-order chi connectivity index (χ1) is 13.4. The molecule has 0 aromatic heterocycles. The van der Waals surface area contributed by atoms with Gasteiger partial charge in [-0.25, -0.2) is 0 Å². The van der Waals surface area contributed by atoms with Crippen LogP contribution in [0.1, 0.15) is 85.0 Å². The van der Waals surface area contributed by atoms with E-state index in [1.54, 1.807) is 0 Å². The number of hydrogen-bond donors (Lipinski definition) is 2. The van der Waals surface area contributed by atoms with E-state index in [1.807, 2.05) is 6.92 Å². The van der Waals surface area contributed by atoms with E-state index >= 15 is 0 Å². The van der Waals surface area contributed by atoms with Gasteiger partial charge in [-0.05, 0) is 70.1 Å². The quantitative estimate of drug-likeness (QED) is 0.692. The van der Waals surface area contributed by atoms with E-state index in [1.165, 1.54) is 12.8 Å². The number of rotatable bonds is 7. The molecule has 3 aliphatic rings. The second-order valence-electron chi connectivity index (χ2n) is 10.1. The third kappa shape index (κ3) is 5.49. The van der Waals surface area contributed by atoms with Crippen molar-refractivity contribution < 1.29 is 14.3 Å². The van der Waals surface area contributed by atoms with Gasteiger partial charge in [-0.2, -0.15) is 0 Å². The highest BCUT2D eigenvalue weighted by Crippen LogP contribution is 2.43. The average Bonchev–Trinajstić information content (AvgIpc) is 3.30. The van der Waals surface area contributed by atoms with Gasteiger partial charge >= 0.3 is 0 Å². The first-order valence-corrected chi connectivity index (χ1v) is 11.6. The zero-order valence-electron chi connectivity index (χ0n) is 18.1. The van der Waals surface area contributed by atoms with E-state index in [0.717, 1.165) is 57.9 Å². The smallest absolute Gasteiger partial charge is 0.226 e. The second kappa shape index (κ2) is 9.60. The van der Waals surface area contributed by atoms with Crippen LogP contribution in [0.5, 0.6) is 0 Å². The monoisotopic (exact) mass is 392 g/mol. The van der Waals surface area contributed by atoms with Gasteiger partial charge in [-0.3, -0.25) is 9.59 Å². The first-order valence-electron chi connectivity index (χ1n) is 11.6. The molecule has 0 spiro atoms. The standard InChI is InChI=1S/C23H40N2O3/c1-16(2)13-23(10-4-5-11-23)22(27)25-20-8-6-18(7-9-20)14-24-21(26)19-12-17(3)28-15-19/h16-20H,4-15H2,1-3H3,(H,24,26)(H,25,27). The second-order valence-corrected chi connectivity index (χ2v) is 10.1. The average molecular weight is 393 g/mol. The molecule has 2 unspecified atom stereocenters. The minimum absolute atomic E-state index is 0.0224. The molecule has 5 nitrogen and oxygen atoms in total. The molecule has 2 atom stereocenters. The van der Waals surface area contributed by atoms with Crippen molar-refractivity contribution in [3.63, 3.8) is 0 Å². The van der Waals surface area contributed by atoms with Crippen LogP contribution in [0.25, 0.3) is 0 Å². The molecule has 3 rings (SSSR count). The van der Waals surface area contributed by atoms with Gasteiger partial charge in [-0.15, -0.1) is 0 Å². The summed E-state index contributed by atoms with van der Waals surface area (Å²) in [5.41, 5.74) is -0.112. The van der Waals surface area contributed by atoms with Gasteiger partial charge in [0.15, 0.2) is 0 Å². The molecule has 0 aromatic carbocycles. The number of hydrogen-bond acceptors (Lipinski definition) is 3. The Morgan fingerprint density at radius 3 is 2.36 bits per heavy atom. The van der Waals surface area contributed by atoms with Gasteiger partial charge in [0, 0.05) is 18.0 Å². The minimum Gasteiger partial charge on any atom is -0.378 e. The van der Waals surface area contributed by atoms with E-state index in [9.17, 15) is 9.59 Å². The maximum absolute atomic E-state index is 13.1. The molecule has 2 amide bonds. The molecule has 2 saturated carbocycles. The molecule has 160 valence electrons. The lowest BCUT2D eigenvalue weighted by molar-refractivity contribution is -0.132. The first kappa shape index (κ1) is 21.6. The van der Waals surface area contributed by atoms with E-state index in [0.29, 0.717) is 30.4 Å². The fourth-order valence-electron chi connectivity index (χ4n) is 5.60. The van der Waals surface area contributed by atoms with Crippen LogP contribution in [-0.4, -0.2) is 37.1 Å². The van der Waals surface area contributed by atoms with Crippen molar-refractivity contribution >= 4 is 11.8 Å². The molecule has 0 bridgehead atoms. The molecule has 1 heterocycles. The number of carbonyl (C=O) groups is 2. The molecule has 2 N–H and O–H groups in total. The summed E-state index contributed by atoms with van der Waals surface area (Å²) < 4.78 is 5.50. The largest absolute Gasteiger partial charge is 0.378 e. The number of carbonyl (C=O) groups excluding carboxylic acids is 2. The van der Waals surface area contributed by atoms with Gasteiger partial charge < -0.3 is 15.4 Å². The van der Waals surface area contributed by atoms with Crippen molar-refractivity contribution in [3.05, 3.63) is 0 Å². The third-order valence-corrected chi connectivity index (χ3v) is 7.16. The van der Waals surface area contributed by atoms with Crippen LogP contribution < -0.4 is 10.6 Å². The van der Waals surface area contributed by atoms with E-state index in [-0.39, 0.29) is 23.3 Å². The fourth-order valence-corrected chi connectivity index (χ4v) is 5.60. The highest BCUT2D eigenvalue weighted by atomic mass is 16.5. The summed E-state index contributed by atoms with van der Waals surface area (Å²) >= 11 is 0. The number of amides is 2. The third-order valence-electron chi connectivity index (χ3n) is 7.16. The summed E-state index contributed by atoms with van der Waals surface area (Å²) in [7, 11) is 0. The predicted molar refractivity (Wildman–Crippen MR) is 111 cm³/mol. The van der Waals surface area contributed by atoms with Gasteiger partial charge in [0.05, 0.1) is 18.6 Å². The summed E-state index contributed by atoms with van der Waals surface area (Å²) in [5, 5.41) is 6.54. The van der Waals surface area contributed by atoms with Crippen LogP contribution in [0.2, 0.25) is 0 Å². The Kier molecular flexibility index (Phi) is 7.41. The van der Waals surface area contributed by atoms with Crippen molar-refractivity contribution in [3.8, 4) is 0 Å². The zero-order valence-corrected chi connectivity index (χ0v) is 18.1. The lowest BCUT2D eigenvalue weighted by Gasteiger charge is -2.34. The highest BCUT2D eigenvalue weighted by Gasteiger charge is 2.42. The van der Waals surface area contributed by atoms with Crippen molar-refractivity contribution in [2.75, 3.05) is 13.2 Å². The fraction of sp³-hybridized carbons (Fsp3) is 0.913. The van der Waals surface area contributed by atoms with Crippen LogP contribution >= 0.6 is 0 Å². The minimum atomic E-state index is -0.112. The van der Waals surface area contributed by atoms with Crippen molar-refractivity contribution in [2.45, 2.75) is 97.1 Å². The van der Waals surface area contributed by atoms with Crippen LogP contribution in [0.3, 0.4) is 0 Å². The van der Waals surface area contributed by atoms with Crippen molar-refractivity contribution in [1.29, 1.82) is 0 Å². The molecular weight excluding hydrogens is 352 g/mol. The SMILES string of the molecule is CC(C)CC1(C(=O)NC2CCC(CNC(=O)C3COC(C)C3)CC2)CCCC1. The maximum atomic E-state index is 13.1. The molecular formula is C23H40N2O3. The maximum Gasteiger partial charge on any atom is 0.226 e. The summed E-state index contributed by atoms with van der Waals surface area (Å²) in [6, 6.07) is 0.313. The Labute approximate surface area is 170 Å². The molecule has 0 radical (unpaired) electrons. The summed E-state index contributed by atoms with van der Waals surface area (Å²) in [6.45, 7) is 7.81.